The van der Waals surface area contributed by atoms with Gasteiger partial charge in [0.1, 0.15) is 0 Å². The molecule has 1 aromatic rings. The summed E-state index contributed by atoms with van der Waals surface area (Å²) in [4.78, 5) is 2.38. The summed E-state index contributed by atoms with van der Waals surface area (Å²) in [6.07, 6.45) is 1.20. The molecule has 1 atom stereocenters. The van der Waals surface area contributed by atoms with Crippen LogP contribution in [0, 0.1) is 5.92 Å². The molecule has 2 heterocycles. The van der Waals surface area contributed by atoms with Crippen LogP contribution in [0.4, 0.5) is 0 Å². The zero-order valence-corrected chi connectivity index (χ0v) is 10.2. The largest absolute Gasteiger partial charge is 0.384 e. The van der Waals surface area contributed by atoms with Crippen LogP contribution in [-0.4, -0.2) is 41.9 Å². The van der Waals surface area contributed by atoms with Crippen LogP contribution in [0.2, 0.25) is 5.15 Å². The maximum absolute atomic E-state index is 5.69. The first-order chi connectivity index (χ1) is 7.78. The molecular formula is C11H16ClN3O. The quantitative estimate of drug-likeness (QED) is 0.803. The molecular weight excluding hydrogens is 226 g/mol. The Morgan fingerprint density at radius 2 is 2.38 bits per heavy atom. The standard InChI is InChI=1S/C11H16ClN3O/c1-16-8-9-4-5-15(6-9)7-10-2-3-11(12)14-13-10/h2-3,9H,4-8H2,1H3. The Hall–Kier alpha value is -0.710. The van der Waals surface area contributed by atoms with Gasteiger partial charge in [0.25, 0.3) is 0 Å². The van der Waals surface area contributed by atoms with Crippen LogP contribution < -0.4 is 0 Å². The van der Waals surface area contributed by atoms with Gasteiger partial charge in [-0.2, -0.15) is 5.10 Å². The molecule has 0 aromatic carbocycles. The number of ether oxygens (including phenoxy) is 1. The fraction of sp³-hybridized carbons (Fsp3) is 0.636. The summed E-state index contributed by atoms with van der Waals surface area (Å²) < 4.78 is 5.17. The summed E-state index contributed by atoms with van der Waals surface area (Å²) in [5, 5.41) is 8.35. The van der Waals surface area contributed by atoms with Crippen LogP contribution in [0.1, 0.15) is 12.1 Å². The van der Waals surface area contributed by atoms with Crippen LogP contribution in [0.3, 0.4) is 0 Å². The average Bonchev–Trinajstić information content (AvgIpc) is 2.70. The van der Waals surface area contributed by atoms with Gasteiger partial charge in [-0.3, -0.25) is 4.90 Å². The number of methoxy groups -OCH3 is 1. The molecule has 1 fully saturated rings. The van der Waals surface area contributed by atoms with Crippen molar-refractivity contribution in [3.63, 3.8) is 0 Å². The third-order valence-corrected chi connectivity index (χ3v) is 3.05. The molecule has 0 bridgehead atoms. The molecule has 1 aromatic heterocycles. The molecule has 5 heteroatoms. The van der Waals surface area contributed by atoms with Crippen molar-refractivity contribution in [3.05, 3.63) is 23.0 Å². The van der Waals surface area contributed by atoms with E-state index >= 15 is 0 Å². The highest BCUT2D eigenvalue weighted by Crippen LogP contribution is 2.18. The molecule has 0 saturated carbocycles. The molecule has 1 aliphatic heterocycles. The van der Waals surface area contributed by atoms with Crippen molar-refractivity contribution in [1.29, 1.82) is 0 Å². The van der Waals surface area contributed by atoms with E-state index in [1.165, 1.54) is 6.42 Å². The zero-order valence-electron chi connectivity index (χ0n) is 9.40. The smallest absolute Gasteiger partial charge is 0.151 e. The first-order valence-corrected chi connectivity index (χ1v) is 5.85. The van der Waals surface area contributed by atoms with Crippen molar-refractivity contribution in [3.8, 4) is 0 Å². The first-order valence-electron chi connectivity index (χ1n) is 5.47. The minimum Gasteiger partial charge on any atom is -0.384 e. The summed E-state index contributed by atoms with van der Waals surface area (Å²) in [5.74, 6) is 0.658. The molecule has 88 valence electrons. The topological polar surface area (TPSA) is 38.2 Å². The van der Waals surface area contributed by atoms with Gasteiger partial charge in [-0.15, -0.1) is 5.10 Å². The van der Waals surface area contributed by atoms with E-state index in [1.807, 2.05) is 6.07 Å². The maximum atomic E-state index is 5.69. The minimum atomic E-state index is 0.447. The van der Waals surface area contributed by atoms with E-state index < -0.39 is 0 Å². The van der Waals surface area contributed by atoms with Crippen molar-refractivity contribution in [1.82, 2.24) is 15.1 Å². The van der Waals surface area contributed by atoms with Crippen LogP contribution in [0.15, 0.2) is 12.1 Å². The predicted molar refractivity (Wildman–Crippen MR) is 62.3 cm³/mol. The fourth-order valence-electron chi connectivity index (χ4n) is 2.09. The molecule has 0 amide bonds. The molecule has 1 aliphatic rings. The van der Waals surface area contributed by atoms with Crippen molar-refractivity contribution in [2.45, 2.75) is 13.0 Å². The Labute approximate surface area is 101 Å². The van der Waals surface area contributed by atoms with E-state index in [0.29, 0.717) is 11.1 Å². The second-order valence-electron chi connectivity index (χ2n) is 4.19. The van der Waals surface area contributed by atoms with Gasteiger partial charge in [-0.1, -0.05) is 11.6 Å². The third kappa shape index (κ3) is 3.14. The number of rotatable bonds is 4. The lowest BCUT2D eigenvalue weighted by Gasteiger charge is -2.14. The lowest BCUT2D eigenvalue weighted by molar-refractivity contribution is 0.152. The minimum absolute atomic E-state index is 0.447. The molecule has 1 saturated heterocycles. The van der Waals surface area contributed by atoms with E-state index in [1.54, 1.807) is 13.2 Å². The number of hydrogen-bond acceptors (Lipinski definition) is 4. The van der Waals surface area contributed by atoms with Gasteiger partial charge in [-0.05, 0) is 31.0 Å². The lowest BCUT2D eigenvalue weighted by Crippen LogP contribution is -2.22. The SMILES string of the molecule is COCC1CCN(Cc2ccc(Cl)nn2)C1. The number of halogens is 1. The molecule has 16 heavy (non-hydrogen) atoms. The Morgan fingerprint density at radius 3 is 3.06 bits per heavy atom. The maximum Gasteiger partial charge on any atom is 0.151 e. The molecule has 4 nitrogen and oxygen atoms in total. The Morgan fingerprint density at radius 1 is 1.50 bits per heavy atom. The van der Waals surface area contributed by atoms with E-state index in [2.05, 4.69) is 15.1 Å². The normalized spacial score (nSPS) is 21.5. The van der Waals surface area contributed by atoms with Crippen LogP contribution in [0.5, 0.6) is 0 Å². The molecule has 2 rings (SSSR count). The highest BCUT2D eigenvalue weighted by atomic mass is 35.5. The van der Waals surface area contributed by atoms with E-state index in [0.717, 1.165) is 31.9 Å². The molecule has 0 N–H and O–H groups in total. The Bertz CT molecular complexity index is 331. The number of likely N-dealkylation sites (tertiary alicyclic amines) is 1. The van der Waals surface area contributed by atoms with Gasteiger partial charge in [0.2, 0.25) is 0 Å². The van der Waals surface area contributed by atoms with Gasteiger partial charge in [0.15, 0.2) is 5.15 Å². The Balaban J connectivity index is 1.84. The molecule has 0 aliphatic carbocycles. The summed E-state index contributed by atoms with van der Waals surface area (Å²) in [7, 11) is 1.76. The Kier molecular flexibility index (Phi) is 4.09. The third-order valence-electron chi connectivity index (χ3n) is 2.85. The van der Waals surface area contributed by atoms with E-state index in [4.69, 9.17) is 16.3 Å². The van der Waals surface area contributed by atoms with Crippen molar-refractivity contribution in [2.75, 3.05) is 26.8 Å². The number of nitrogens with zero attached hydrogens (tertiary/aromatic N) is 3. The van der Waals surface area contributed by atoms with E-state index in [-0.39, 0.29) is 0 Å². The van der Waals surface area contributed by atoms with Crippen molar-refractivity contribution in [2.24, 2.45) is 5.92 Å². The van der Waals surface area contributed by atoms with Gasteiger partial charge in [-0.25, -0.2) is 0 Å². The zero-order chi connectivity index (χ0) is 11.4. The first kappa shape index (κ1) is 11.8. The fourth-order valence-corrected chi connectivity index (χ4v) is 2.19. The van der Waals surface area contributed by atoms with Crippen molar-refractivity contribution < 1.29 is 4.74 Å². The highest BCUT2D eigenvalue weighted by molar-refractivity contribution is 6.29. The second kappa shape index (κ2) is 5.57. The van der Waals surface area contributed by atoms with E-state index in [9.17, 15) is 0 Å². The van der Waals surface area contributed by atoms with Crippen molar-refractivity contribution >= 4 is 11.6 Å². The summed E-state index contributed by atoms with van der Waals surface area (Å²) in [5.41, 5.74) is 0.975. The van der Waals surface area contributed by atoms with Gasteiger partial charge in [0, 0.05) is 20.2 Å². The second-order valence-corrected chi connectivity index (χ2v) is 4.58. The summed E-state index contributed by atoms with van der Waals surface area (Å²) in [6, 6.07) is 3.71. The van der Waals surface area contributed by atoms with Crippen LogP contribution >= 0.6 is 11.6 Å². The summed E-state index contributed by atoms with van der Waals surface area (Å²) in [6.45, 7) is 3.89. The molecule has 0 spiro atoms. The predicted octanol–water partition coefficient (Wildman–Crippen LogP) is 1.60. The van der Waals surface area contributed by atoms with Crippen LogP contribution in [-0.2, 0) is 11.3 Å². The van der Waals surface area contributed by atoms with Gasteiger partial charge >= 0.3 is 0 Å². The van der Waals surface area contributed by atoms with Gasteiger partial charge < -0.3 is 4.74 Å². The number of hydrogen-bond donors (Lipinski definition) is 0. The molecule has 1 unspecified atom stereocenters. The average molecular weight is 242 g/mol. The summed E-state index contributed by atoms with van der Waals surface area (Å²) >= 11 is 5.69. The highest BCUT2D eigenvalue weighted by Gasteiger charge is 2.22. The monoisotopic (exact) mass is 241 g/mol. The lowest BCUT2D eigenvalue weighted by atomic mass is 10.1. The van der Waals surface area contributed by atoms with Crippen LogP contribution in [0.25, 0.3) is 0 Å². The molecule has 0 radical (unpaired) electrons. The van der Waals surface area contributed by atoms with Gasteiger partial charge in [0.05, 0.1) is 12.3 Å². The number of aromatic nitrogens is 2.